The summed E-state index contributed by atoms with van der Waals surface area (Å²) in [5.41, 5.74) is 8.70. The highest BCUT2D eigenvalue weighted by molar-refractivity contribution is 5.99. The molecule has 1 saturated carbocycles. The van der Waals surface area contributed by atoms with Gasteiger partial charge >= 0.3 is 5.69 Å². The smallest absolute Gasteiger partial charge is 0.331 e. The molecule has 2 aromatic heterocycles. The number of carbonyl (C=O) groups is 1. The van der Waals surface area contributed by atoms with Crippen LogP contribution in [0.2, 0.25) is 0 Å². The minimum absolute atomic E-state index is 0.00109. The van der Waals surface area contributed by atoms with E-state index in [1.807, 2.05) is 30.3 Å². The van der Waals surface area contributed by atoms with Crippen molar-refractivity contribution in [2.24, 2.45) is 5.92 Å². The molecule has 0 radical (unpaired) electrons. The number of nitrogen functional groups attached to an aromatic ring is 1. The summed E-state index contributed by atoms with van der Waals surface area (Å²) in [6.07, 6.45) is 3.51. The van der Waals surface area contributed by atoms with Crippen molar-refractivity contribution in [3.8, 4) is 5.69 Å². The number of pyridine rings is 1. The molecule has 1 aliphatic rings. The molecule has 4 N–H and O–H groups in total. The van der Waals surface area contributed by atoms with E-state index in [9.17, 15) is 9.59 Å². The van der Waals surface area contributed by atoms with Gasteiger partial charge in [0.1, 0.15) is 5.82 Å². The lowest BCUT2D eigenvalue weighted by molar-refractivity contribution is -0.117. The van der Waals surface area contributed by atoms with E-state index in [1.54, 1.807) is 22.9 Å². The Balaban J connectivity index is 1.65. The lowest BCUT2D eigenvalue weighted by atomic mass is 10.1. The number of hydrogen-bond acceptors (Lipinski definition) is 4. The largest absolute Gasteiger partial charge is 0.398 e. The number of amides is 1. The number of aromatic nitrogens is 3. The molecule has 0 atom stereocenters. The van der Waals surface area contributed by atoms with Crippen molar-refractivity contribution in [1.82, 2.24) is 14.5 Å². The van der Waals surface area contributed by atoms with Gasteiger partial charge in [0.05, 0.1) is 16.7 Å². The van der Waals surface area contributed by atoms with Crippen molar-refractivity contribution in [3.05, 3.63) is 59.1 Å². The Bertz CT molecular complexity index is 1270. The SMILES string of the molecule is Nc1cc(-n2c(=O)[nH]c3ccccc32)cc2cc(NC(=O)C3CC3)ncc12. The average molecular weight is 359 g/mol. The van der Waals surface area contributed by atoms with Gasteiger partial charge in [0.25, 0.3) is 0 Å². The first kappa shape index (κ1) is 15.6. The minimum Gasteiger partial charge on any atom is -0.398 e. The topological polar surface area (TPSA) is 106 Å². The second-order valence-electron chi connectivity index (χ2n) is 6.87. The van der Waals surface area contributed by atoms with Crippen LogP contribution >= 0.6 is 0 Å². The zero-order valence-corrected chi connectivity index (χ0v) is 14.4. The molecule has 2 aromatic carbocycles. The highest BCUT2D eigenvalue weighted by Crippen LogP contribution is 2.31. The van der Waals surface area contributed by atoms with Gasteiger partial charge < -0.3 is 16.0 Å². The zero-order valence-electron chi connectivity index (χ0n) is 14.4. The van der Waals surface area contributed by atoms with Crippen LogP contribution in [0, 0.1) is 5.92 Å². The van der Waals surface area contributed by atoms with Crippen LogP contribution in [0.5, 0.6) is 0 Å². The van der Waals surface area contributed by atoms with Crippen molar-refractivity contribution in [2.45, 2.75) is 12.8 Å². The second kappa shape index (κ2) is 5.70. The zero-order chi connectivity index (χ0) is 18.5. The number of aromatic amines is 1. The number of para-hydroxylation sites is 2. The molecule has 0 aliphatic heterocycles. The Hall–Kier alpha value is -3.61. The molecule has 7 nitrogen and oxygen atoms in total. The number of nitrogens with zero attached hydrogens (tertiary/aromatic N) is 2. The molecule has 1 aliphatic carbocycles. The molecule has 2 heterocycles. The summed E-state index contributed by atoms with van der Waals surface area (Å²) in [6, 6.07) is 12.9. The molecular formula is C20H17N5O2. The van der Waals surface area contributed by atoms with Crippen molar-refractivity contribution < 1.29 is 4.79 Å². The maximum absolute atomic E-state index is 12.5. The molecule has 0 bridgehead atoms. The van der Waals surface area contributed by atoms with Gasteiger partial charge in [-0.3, -0.25) is 9.36 Å². The van der Waals surface area contributed by atoms with Gasteiger partial charge in [-0.05, 0) is 48.6 Å². The number of anilines is 2. The minimum atomic E-state index is -0.230. The molecule has 1 amide bonds. The Morgan fingerprint density at radius 1 is 1.22 bits per heavy atom. The summed E-state index contributed by atoms with van der Waals surface area (Å²) in [7, 11) is 0. The standard InChI is InChI=1S/C20H17N5O2/c21-15-9-13(25-17-4-2-1-3-16(17)23-20(25)27)7-12-8-18(22-10-14(12)15)24-19(26)11-5-6-11/h1-4,7-11H,5-6,21H2,(H,23,27)(H,22,24,26). The molecule has 7 heteroatoms. The number of carbonyl (C=O) groups excluding carboxylic acids is 1. The Labute approximate surface area is 153 Å². The fraction of sp³-hybridized carbons (Fsp3) is 0.150. The van der Waals surface area contributed by atoms with E-state index in [2.05, 4.69) is 15.3 Å². The molecule has 1 fully saturated rings. The number of H-pyrrole nitrogens is 1. The number of fused-ring (bicyclic) bond motifs is 2. The number of imidazole rings is 1. The van der Waals surface area contributed by atoms with Crippen molar-refractivity contribution in [3.63, 3.8) is 0 Å². The highest BCUT2D eigenvalue weighted by Gasteiger charge is 2.29. The summed E-state index contributed by atoms with van der Waals surface area (Å²) in [4.78, 5) is 31.6. The third-order valence-electron chi connectivity index (χ3n) is 4.90. The van der Waals surface area contributed by atoms with Crippen LogP contribution in [-0.4, -0.2) is 20.4 Å². The molecule has 5 rings (SSSR count). The average Bonchev–Trinajstić information content (AvgIpc) is 3.44. The quantitative estimate of drug-likeness (QED) is 0.489. The number of nitrogens with two attached hydrogens (primary N) is 1. The Kier molecular flexibility index (Phi) is 3.30. The van der Waals surface area contributed by atoms with Crippen LogP contribution in [0.25, 0.3) is 27.5 Å². The third kappa shape index (κ3) is 2.64. The van der Waals surface area contributed by atoms with Crippen molar-refractivity contribution in [1.29, 1.82) is 0 Å². The normalized spacial score (nSPS) is 13.9. The first-order chi connectivity index (χ1) is 13.1. The lowest BCUT2D eigenvalue weighted by Crippen LogP contribution is -2.15. The van der Waals surface area contributed by atoms with Gasteiger partial charge in [-0.1, -0.05) is 12.1 Å². The van der Waals surface area contributed by atoms with Gasteiger partial charge in [-0.25, -0.2) is 9.78 Å². The molecule has 4 aromatic rings. The first-order valence-corrected chi connectivity index (χ1v) is 8.80. The van der Waals surface area contributed by atoms with Gasteiger partial charge in [0.2, 0.25) is 5.91 Å². The lowest BCUT2D eigenvalue weighted by Gasteiger charge is -2.10. The summed E-state index contributed by atoms with van der Waals surface area (Å²) >= 11 is 0. The third-order valence-corrected chi connectivity index (χ3v) is 4.90. The fourth-order valence-corrected chi connectivity index (χ4v) is 3.35. The number of rotatable bonds is 3. The van der Waals surface area contributed by atoms with E-state index in [0.717, 1.165) is 34.6 Å². The van der Waals surface area contributed by atoms with Crippen LogP contribution in [0.1, 0.15) is 12.8 Å². The predicted molar refractivity (Wildman–Crippen MR) is 105 cm³/mol. The Morgan fingerprint density at radius 2 is 2.04 bits per heavy atom. The maximum atomic E-state index is 12.5. The van der Waals surface area contributed by atoms with Gasteiger partial charge in [-0.2, -0.15) is 0 Å². The van der Waals surface area contributed by atoms with E-state index in [0.29, 0.717) is 17.2 Å². The summed E-state index contributed by atoms with van der Waals surface area (Å²) < 4.78 is 1.59. The first-order valence-electron chi connectivity index (χ1n) is 8.80. The summed E-state index contributed by atoms with van der Waals surface area (Å²) in [5, 5.41) is 4.43. The van der Waals surface area contributed by atoms with Crippen LogP contribution in [0.4, 0.5) is 11.5 Å². The van der Waals surface area contributed by atoms with E-state index < -0.39 is 0 Å². The summed E-state index contributed by atoms with van der Waals surface area (Å²) in [6.45, 7) is 0. The van der Waals surface area contributed by atoms with Crippen LogP contribution in [0.3, 0.4) is 0 Å². The molecule has 0 saturated heterocycles. The van der Waals surface area contributed by atoms with Crippen molar-refractivity contribution >= 4 is 39.2 Å². The number of benzene rings is 2. The molecule has 0 unspecified atom stereocenters. The monoisotopic (exact) mass is 359 g/mol. The van der Waals surface area contributed by atoms with Crippen molar-refractivity contribution in [2.75, 3.05) is 11.1 Å². The number of nitrogens with one attached hydrogen (secondary N) is 2. The van der Waals surface area contributed by atoms with E-state index in [-0.39, 0.29) is 17.5 Å². The molecule has 134 valence electrons. The Morgan fingerprint density at radius 3 is 2.85 bits per heavy atom. The summed E-state index contributed by atoms with van der Waals surface area (Å²) in [5.74, 6) is 0.588. The van der Waals surface area contributed by atoms with Crippen LogP contribution in [0.15, 0.2) is 53.5 Å². The van der Waals surface area contributed by atoms with E-state index in [4.69, 9.17) is 5.73 Å². The van der Waals surface area contributed by atoms with Gasteiger partial charge in [-0.15, -0.1) is 0 Å². The second-order valence-corrected chi connectivity index (χ2v) is 6.87. The van der Waals surface area contributed by atoms with Gasteiger partial charge in [0.15, 0.2) is 0 Å². The molecule has 27 heavy (non-hydrogen) atoms. The number of hydrogen-bond donors (Lipinski definition) is 3. The van der Waals surface area contributed by atoms with Crippen LogP contribution < -0.4 is 16.7 Å². The molecule has 0 spiro atoms. The van der Waals surface area contributed by atoms with Gasteiger partial charge in [0, 0.05) is 23.2 Å². The highest BCUT2D eigenvalue weighted by atomic mass is 16.2. The fourth-order valence-electron chi connectivity index (χ4n) is 3.35. The van der Waals surface area contributed by atoms with E-state index in [1.165, 1.54) is 0 Å². The van der Waals surface area contributed by atoms with E-state index >= 15 is 0 Å². The predicted octanol–water partition coefficient (Wildman–Crippen LogP) is 2.80. The maximum Gasteiger partial charge on any atom is 0.331 e. The molecular weight excluding hydrogens is 342 g/mol. The van der Waals surface area contributed by atoms with Crippen LogP contribution in [-0.2, 0) is 4.79 Å².